The van der Waals surface area contributed by atoms with E-state index in [0.29, 0.717) is 34.4 Å². The number of nitrogens with zero attached hydrogens (tertiary/aromatic N) is 2. The van der Waals surface area contributed by atoms with Gasteiger partial charge in [-0.05, 0) is 61.7 Å². The predicted molar refractivity (Wildman–Crippen MR) is 97.5 cm³/mol. The average molecular weight is 342 g/mol. The Kier molecular flexibility index (Phi) is 3.33. The highest BCUT2D eigenvalue weighted by Crippen LogP contribution is 2.73. The number of carbonyl (C=O) groups excluding carboxylic acids is 1. The van der Waals surface area contributed by atoms with E-state index in [9.17, 15) is 4.79 Å². The molecule has 0 saturated heterocycles. The van der Waals surface area contributed by atoms with Gasteiger partial charge in [0.05, 0.1) is 5.41 Å². The molecule has 3 N–H and O–H groups in total. The SMILES string of the molecule is Cc1ncc(CNC(=O)C23CC4(C)CC(C)(CC(C)(C4)C2)C3)c(N)n1. The highest BCUT2D eigenvalue weighted by molar-refractivity contribution is 5.83. The lowest BCUT2D eigenvalue weighted by Crippen LogP contribution is -2.62. The highest BCUT2D eigenvalue weighted by atomic mass is 16.2. The van der Waals surface area contributed by atoms with Gasteiger partial charge in [-0.15, -0.1) is 0 Å². The molecule has 136 valence electrons. The van der Waals surface area contributed by atoms with Crippen LogP contribution in [0.25, 0.3) is 0 Å². The van der Waals surface area contributed by atoms with Gasteiger partial charge in [0.2, 0.25) is 5.91 Å². The fourth-order valence-corrected chi connectivity index (χ4v) is 7.54. The number of rotatable bonds is 3. The van der Waals surface area contributed by atoms with E-state index in [1.54, 1.807) is 6.20 Å². The van der Waals surface area contributed by atoms with E-state index in [1.165, 1.54) is 19.3 Å². The molecule has 4 aliphatic rings. The van der Waals surface area contributed by atoms with E-state index in [2.05, 4.69) is 36.1 Å². The van der Waals surface area contributed by atoms with Crippen molar-refractivity contribution in [1.29, 1.82) is 0 Å². The molecule has 0 radical (unpaired) electrons. The molecule has 0 aliphatic heterocycles. The van der Waals surface area contributed by atoms with Gasteiger partial charge in [0.15, 0.2) is 0 Å². The van der Waals surface area contributed by atoms with Crippen LogP contribution in [0.4, 0.5) is 5.82 Å². The minimum Gasteiger partial charge on any atom is -0.383 e. The predicted octanol–water partition coefficient (Wildman–Crippen LogP) is 3.37. The maximum absolute atomic E-state index is 13.3. The third kappa shape index (κ3) is 2.72. The number of nitrogens with one attached hydrogen (secondary N) is 1. The lowest BCUT2D eigenvalue weighted by Gasteiger charge is -2.68. The molecule has 1 heterocycles. The van der Waals surface area contributed by atoms with Gasteiger partial charge < -0.3 is 11.1 Å². The molecule has 4 bridgehead atoms. The van der Waals surface area contributed by atoms with Crippen molar-refractivity contribution in [3.8, 4) is 0 Å². The lowest BCUT2D eigenvalue weighted by atomic mass is 9.36. The van der Waals surface area contributed by atoms with Crippen LogP contribution in [-0.4, -0.2) is 15.9 Å². The van der Waals surface area contributed by atoms with Crippen LogP contribution in [0.1, 0.15) is 70.7 Å². The van der Waals surface area contributed by atoms with Gasteiger partial charge in [0, 0.05) is 18.3 Å². The molecule has 25 heavy (non-hydrogen) atoms. The normalized spacial score (nSPS) is 41.8. The molecule has 0 unspecified atom stereocenters. The molecule has 1 aromatic heterocycles. The lowest BCUT2D eigenvalue weighted by molar-refractivity contribution is -0.191. The van der Waals surface area contributed by atoms with Crippen LogP contribution in [0.2, 0.25) is 0 Å². The molecule has 1 amide bonds. The number of aryl methyl sites for hydroxylation is 1. The summed E-state index contributed by atoms with van der Waals surface area (Å²) in [5.41, 5.74) is 7.48. The second kappa shape index (κ2) is 4.95. The van der Waals surface area contributed by atoms with Gasteiger partial charge in [0.1, 0.15) is 11.6 Å². The summed E-state index contributed by atoms with van der Waals surface area (Å²) >= 11 is 0. The molecule has 4 aliphatic carbocycles. The zero-order valence-electron chi connectivity index (χ0n) is 15.9. The van der Waals surface area contributed by atoms with Gasteiger partial charge in [-0.2, -0.15) is 0 Å². The Hall–Kier alpha value is -1.65. The summed E-state index contributed by atoms with van der Waals surface area (Å²) in [6.45, 7) is 9.42. The molecule has 1 aromatic rings. The number of amides is 1. The summed E-state index contributed by atoms with van der Waals surface area (Å²) < 4.78 is 0. The number of aromatic nitrogens is 2. The van der Waals surface area contributed by atoms with Crippen molar-refractivity contribution in [2.45, 2.75) is 72.8 Å². The molecule has 5 heteroatoms. The minimum atomic E-state index is -0.215. The second-order valence-corrected chi connectivity index (χ2v) is 10.3. The number of nitrogen functional groups attached to an aromatic ring is 1. The first-order valence-electron chi connectivity index (χ1n) is 9.41. The van der Waals surface area contributed by atoms with Crippen molar-refractivity contribution in [1.82, 2.24) is 15.3 Å². The molecule has 4 saturated carbocycles. The summed E-state index contributed by atoms with van der Waals surface area (Å²) in [5.74, 6) is 1.32. The molecule has 4 fully saturated rings. The van der Waals surface area contributed by atoms with E-state index in [4.69, 9.17) is 5.73 Å². The maximum atomic E-state index is 13.3. The van der Waals surface area contributed by atoms with Crippen molar-refractivity contribution < 1.29 is 4.79 Å². The maximum Gasteiger partial charge on any atom is 0.226 e. The minimum absolute atomic E-state index is 0.204. The second-order valence-electron chi connectivity index (χ2n) is 10.3. The van der Waals surface area contributed by atoms with Crippen molar-refractivity contribution in [2.24, 2.45) is 21.7 Å². The third-order valence-electron chi connectivity index (χ3n) is 6.80. The monoisotopic (exact) mass is 342 g/mol. The zero-order chi connectivity index (χ0) is 18.1. The number of carbonyl (C=O) groups is 1. The Bertz CT molecular complexity index is 690. The van der Waals surface area contributed by atoms with Gasteiger partial charge in [-0.3, -0.25) is 4.79 Å². The zero-order valence-corrected chi connectivity index (χ0v) is 15.9. The quantitative estimate of drug-likeness (QED) is 0.882. The Labute approximate surface area is 150 Å². The topological polar surface area (TPSA) is 80.9 Å². The number of nitrogens with two attached hydrogens (primary N) is 1. The Balaban J connectivity index is 1.55. The van der Waals surface area contributed by atoms with E-state index in [0.717, 1.165) is 24.8 Å². The summed E-state index contributed by atoms with van der Waals surface area (Å²) in [7, 11) is 0. The average Bonchev–Trinajstić information content (AvgIpc) is 2.40. The van der Waals surface area contributed by atoms with Crippen molar-refractivity contribution in [3.05, 3.63) is 17.6 Å². The fourth-order valence-electron chi connectivity index (χ4n) is 7.54. The summed E-state index contributed by atoms with van der Waals surface area (Å²) in [5, 5.41) is 3.17. The largest absolute Gasteiger partial charge is 0.383 e. The van der Waals surface area contributed by atoms with Gasteiger partial charge in [-0.25, -0.2) is 9.97 Å². The van der Waals surface area contributed by atoms with Crippen LogP contribution in [0.3, 0.4) is 0 Å². The molecule has 0 atom stereocenters. The first kappa shape index (κ1) is 16.8. The first-order valence-corrected chi connectivity index (χ1v) is 9.41. The highest BCUT2D eigenvalue weighted by Gasteiger charge is 2.66. The first-order chi connectivity index (χ1) is 11.5. The molecule has 0 spiro atoms. The van der Waals surface area contributed by atoms with Gasteiger partial charge >= 0.3 is 0 Å². The van der Waals surface area contributed by atoms with Crippen molar-refractivity contribution in [2.75, 3.05) is 5.73 Å². The number of hydrogen-bond donors (Lipinski definition) is 2. The van der Waals surface area contributed by atoms with Crippen LogP contribution in [0.5, 0.6) is 0 Å². The van der Waals surface area contributed by atoms with Crippen LogP contribution >= 0.6 is 0 Å². The summed E-state index contributed by atoms with van der Waals surface area (Å²) in [6, 6.07) is 0. The van der Waals surface area contributed by atoms with E-state index >= 15 is 0 Å². The van der Waals surface area contributed by atoms with E-state index in [-0.39, 0.29) is 11.3 Å². The third-order valence-corrected chi connectivity index (χ3v) is 6.80. The summed E-state index contributed by atoms with van der Waals surface area (Å²) in [4.78, 5) is 21.7. The Morgan fingerprint density at radius 3 is 2.08 bits per heavy atom. The molecule has 0 aromatic carbocycles. The molecule has 5 nitrogen and oxygen atoms in total. The standard InChI is InChI=1S/C20H30N4O/c1-13-22-5-14(15(21)24-13)6-23-16(25)20-10-17(2)7-18(3,11-20)9-19(4,8-17)12-20/h5H,6-12H2,1-4H3,(H,23,25)(H2,21,22,24). The van der Waals surface area contributed by atoms with E-state index in [1.807, 2.05) is 6.92 Å². The van der Waals surface area contributed by atoms with Crippen molar-refractivity contribution in [3.63, 3.8) is 0 Å². The smallest absolute Gasteiger partial charge is 0.226 e. The van der Waals surface area contributed by atoms with Crippen molar-refractivity contribution >= 4 is 11.7 Å². The number of anilines is 1. The Morgan fingerprint density at radius 2 is 1.60 bits per heavy atom. The summed E-state index contributed by atoms with van der Waals surface area (Å²) in [6.07, 6.45) is 8.60. The van der Waals surface area contributed by atoms with Crippen LogP contribution < -0.4 is 11.1 Å². The molecule has 5 rings (SSSR count). The molecular formula is C20H30N4O. The molecular weight excluding hydrogens is 312 g/mol. The fraction of sp³-hybridized carbons (Fsp3) is 0.750. The van der Waals surface area contributed by atoms with Gasteiger partial charge in [0.25, 0.3) is 0 Å². The van der Waals surface area contributed by atoms with Crippen LogP contribution in [0, 0.1) is 28.6 Å². The van der Waals surface area contributed by atoms with E-state index < -0.39 is 0 Å². The van der Waals surface area contributed by atoms with Gasteiger partial charge in [-0.1, -0.05) is 20.8 Å². The number of hydrogen-bond acceptors (Lipinski definition) is 4. The van der Waals surface area contributed by atoms with Crippen LogP contribution in [-0.2, 0) is 11.3 Å². The van der Waals surface area contributed by atoms with Crippen LogP contribution in [0.15, 0.2) is 6.20 Å². The Morgan fingerprint density at radius 1 is 1.08 bits per heavy atom.